The average molecular weight is 539 g/mol. The number of ketones is 1. The standard InChI is InChI=1S/C35H58N2O2/c1-10-37(20-19-36)30(39)35(9)23(3)12-15-32(6)27(35)13-16-34(8)29(32)26(38)21-25-28-24(4)22(2)11-14-31(28,5)17-18-33(25,34)7/h21-24,27-29H,10-20,36H2,1-9H3/t22-,23-,24+,27?,28?,29?,31-,32+,33-,34-,35+/m1/s1. The molecule has 0 aromatic heterocycles. The molecule has 0 radical (unpaired) electrons. The summed E-state index contributed by atoms with van der Waals surface area (Å²) in [7, 11) is 0. The van der Waals surface area contributed by atoms with Crippen LogP contribution in [-0.2, 0) is 9.59 Å². The van der Waals surface area contributed by atoms with Crippen LogP contribution in [-0.4, -0.2) is 36.2 Å². The second-order valence-electron chi connectivity index (χ2n) is 16.2. The van der Waals surface area contributed by atoms with E-state index in [0.29, 0.717) is 54.5 Å². The maximum Gasteiger partial charge on any atom is 0.229 e. The third-order valence-corrected chi connectivity index (χ3v) is 14.8. The van der Waals surface area contributed by atoms with Gasteiger partial charge in [-0.3, -0.25) is 9.59 Å². The SMILES string of the molecule is CCN(CCN)C(=O)[C@]1(C)C2CC[C@]3(C)C(C(=O)C=C4C5[C@@H](C)[C@H](C)CC[C@]5(C)CC[C@]43C)[C@@]2(C)CC[C@H]1C. The van der Waals surface area contributed by atoms with Gasteiger partial charge in [-0.25, -0.2) is 0 Å². The van der Waals surface area contributed by atoms with Crippen LogP contribution in [0, 0.1) is 62.6 Å². The smallest absolute Gasteiger partial charge is 0.229 e. The molecule has 0 heterocycles. The summed E-state index contributed by atoms with van der Waals surface area (Å²) in [5.74, 6) is 3.01. The molecular weight excluding hydrogens is 480 g/mol. The largest absolute Gasteiger partial charge is 0.341 e. The summed E-state index contributed by atoms with van der Waals surface area (Å²) in [6, 6.07) is 0. The van der Waals surface area contributed by atoms with Gasteiger partial charge in [-0.2, -0.15) is 0 Å². The molecule has 2 N–H and O–H groups in total. The Morgan fingerprint density at radius 3 is 2.31 bits per heavy atom. The predicted octanol–water partition coefficient (Wildman–Crippen LogP) is 7.27. The number of amides is 1. The van der Waals surface area contributed by atoms with Gasteiger partial charge >= 0.3 is 0 Å². The van der Waals surface area contributed by atoms with Crippen molar-refractivity contribution in [1.29, 1.82) is 0 Å². The molecule has 5 rings (SSSR count). The predicted molar refractivity (Wildman–Crippen MR) is 160 cm³/mol. The Morgan fingerprint density at radius 2 is 1.67 bits per heavy atom. The molecule has 0 aliphatic heterocycles. The summed E-state index contributed by atoms with van der Waals surface area (Å²) in [6.07, 6.45) is 11.4. The van der Waals surface area contributed by atoms with Crippen molar-refractivity contribution in [3.05, 3.63) is 11.6 Å². The molecular formula is C35H58N2O2. The highest BCUT2D eigenvalue weighted by atomic mass is 16.2. The first kappa shape index (κ1) is 29.3. The molecule has 0 spiro atoms. The van der Waals surface area contributed by atoms with Crippen LogP contribution in [0.3, 0.4) is 0 Å². The van der Waals surface area contributed by atoms with E-state index >= 15 is 0 Å². The molecule has 3 unspecified atom stereocenters. The Balaban J connectivity index is 1.60. The van der Waals surface area contributed by atoms with Crippen molar-refractivity contribution in [2.24, 2.45) is 68.3 Å². The summed E-state index contributed by atoms with van der Waals surface area (Å²) in [5, 5.41) is 0. The van der Waals surface area contributed by atoms with E-state index in [9.17, 15) is 9.59 Å². The highest BCUT2D eigenvalue weighted by Crippen LogP contribution is 2.75. The quantitative estimate of drug-likeness (QED) is 0.409. The minimum absolute atomic E-state index is 0.0117. The van der Waals surface area contributed by atoms with Crippen LogP contribution >= 0.6 is 0 Å². The Morgan fingerprint density at radius 1 is 0.974 bits per heavy atom. The first-order valence-corrected chi connectivity index (χ1v) is 16.4. The second kappa shape index (κ2) is 9.43. The number of carbonyl (C=O) groups excluding carboxylic acids is 2. The molecule has 1 amide bonds. The fraction of sp³-hybridized carbons (Fsp3) is 0.886. The molecule has 4 heteroatoms. The van der Waals surface area contributed by atoms with Gasteiger partial charge in [-0.05, 0) is 116 Å². The molecule has 39 heavy (non-hydrogen) atoms. The molecule has 4 nitrogen and oxygen atoms in total. The van der Waals surface area contributed by atoms with Crippen LogP contribution in [0.25, 0.3) is 0 Å². The van der Waals surface area contributed by atoms with Crippen molar-refractivity contribution in [3.8, 4) is 0 Å². The topological polar surface area (TPSA) is 63.4 Å². The normalized spacial score (nSPS) is 51.1. The maximum atomic E-state index is 14.6. The van der Waals surface area contributed by atoms with Crippen LogP contribution in [0.4, 0.5) is 0 Å². The number of hydrogen-bond acceptors (Lipinski definition) is 3. The van der Waals surface area contributed by atoms with E-state index in [-0.39, 0.29) is 34.0 Å². The van der Waals surface area contributed by atoms with E-state index in [1.807, 2.05) is 4.90 Å². The fourth-order valence-electron chi connectivity index (χ4n) is 11.8. The van der Waals surface area contributed by atoms with Crippen molar-refractivity contribution in [2.45, 2.75) is 114 Å². The minimum Gasteiger partial charge on any atom is -0.341 e. The number of nitrogens with two attached hydrogens (primary N) is 1. The van der Waals surface area contributed by atoms with E-state index in [0.717, 1.165) is 25.7 Å². The Kier molecular flexibility index (Phi) is 7.09. The Labute approximate surface area is 239 Å². The van der Waals surface area contributed by atoms with Gasteiger partial charge in [0.05, 0.1) is 5.41 Å². The van der Waals surface area contributed by atoms with Crippen molar-refractivity contribution in [3.63, 3.8) is 0 Å². The number of likely N-dealkylation sites (N-methyl/N-ethyl adjacent to an activating group) is 1. The average Bonchev–Trinajstić information content (AvgIpc) is 2.88. The summed E-state index contributed by atoms with van der Waals surface area (Å²) in [4.78, 5) is 30.9. The van der Waals surface area contributed by atoms with Crippen LogP contribution in [0.15, 0.2) is 11.6 Å². The van der Waals surface area contributed by atoms with Gasteiger partial charge in [-0.15, -0.1) is 0 Å². The van der Waals surface area contributed by atoms with Crippen LogP contribution < -0.4 is 5.73 Å². The van der Waals surface area contributed by atoms with E-state index in [1.165, 1.54) is 31.3 Å². The zero-order chi connectivity index (χ0) is 28.8. The minimum atomic E-state index is -0.455. The number of rotatable bonds is 4. The molecule has 0 aromatic carbocycles. The molecule has 5 aliphatic carbocycles. The lowest BCUT2D eigenvalue weighted by molar-refractivity contribution is -0.202. The van der Waals surface area contributed by atoms with Gasteiger partial charge in [0, 0.05) is 25.6 Å². The van der Waals surface area contributed by atoms with E-state index in [1.54, 1.807) is 0 Å². The number of nitrogens with zero attached hydrogens (tertiary/aromatic N) is 1. The lowest BCUT2D eigenvalue weighted by atomic mass is 9.32. The Bertz CT molecular complexity index is 1050. The van der Waals surface area contributed by atoms with Gasteiger partial charge in [0.25, 0.3) is 0 Å². The Hall–Kier alpha value is -1.16. The van der Waals surface area contributed by atoms with Gasteiger partial charge in [-0.1, -0.05) is 61.0 Å². The van der Waals surface area contributed by atoms with Crippen molar-refractivity contribution < 1.29 is 9.59 Å². The number of allylic oxidation sites excluding steroid dienone is 2. The molecule has 220 valence electrons. The summed E-state index contributed by atoms with van der Waals surface area (Å²) in [6.45, 7) is 23.3. The first-order chi connectivity index (χ1) is 18.2. The zero-order valence-electron chi connectivity index (χ0n) is 26.7. The molecule has 5 aliphatic rings. The maximum absolute atomic E-state index is 14.6. The van der Waals surface area contributed by atoms with Gasteiger partial charge < -0.3 is 10.6 Å². The van der Waals surface area contributed by atoms with Gasteiger partial charge in [0.1, 0.15) is 0 Å². The van der Waals surface area contributed by atoms with Crippen LogP contribution in [0.5, 0.6) is 0 Å². The third-order valence-electron chi connectivity index (χ3n) is 14.8. The van der Waals surface area contributed by atoms with Crippen molar-refractivity contribution >= 4 is 11.7 Å². The number of carbonyl (C=O) groups is 2. The zero-order valence-corrected chi connectivity index (χ0v) is 26.7. The molecule has 4 saturated carbocycles. The molecule has 4 fully saturated rings. The van der Waals surface area contributed by atoms with Crippen molar-refractivity contribution in [2.75, 3.05) is 19.6 Å². The van der Waals surface area contributed by atoms with Gasteiger partial charge in [0.2, 0.25) is 5.91 Å². The monoisotopic (exact) mass is 538 g/mol. The molecule has 0 bridgehead atoms. The highest BCUT2D eigenvalue weighted by molar-refractivity contribution is 5.96. The summed E-state index contributed by atoms with van der Waals surface area (Å²) in [5.41, 5.74) is 7.13. The van der Waals surface area contributed by atoms with Gasteiger partial charge in [0.15, 0.2) is 5.78 Å². The van der Waals surface area contributed by atoms with Crippen LogP contribution in [0.1, 0.15) is 114 Å². The first-order valence-electron chi connectivity index (χ1n) is 16.4. The highest BCUT2D eigenvalue weighted by Gasteiger charge is 2.71. The summed E-state index contributed by atoms with van der Waals surface area (Å²) < 4.78 is 0. The molecule has 0 aromatic rings. The fourth-order valence-corrected chi connectivity index (χ4v) is 11.8. The summed E-state index contributed by atoms with van der Waals surface area (Å²) >= 11 is 0. The van der Waals surface area contributed by atoms with E-state index < -0.39 is 5.41 Å². The lowest BCUT2D eigenvalue weighted by Crippen LogP contribution is -2.68. The van der Waals surface area contributed by atoms with E-state index in [4.69, 9.17) is 5.73 Å². The number of hydrogen-bond donors (Lipinski definition) is 1. The van der Waals surface area contributed by atoms with Crippen molar-refractivity contribution in [1.82, 2.24) is 4.90 Å². The van der Waals surface area contributed by atoms with E-state index in [2.05, 4.69) is 68.4 Å². The van der Waals surface area contributed by atoms with Crippen LogP contribution in [0.2, 0.25) is 0 Å². The second-order valence-corrected chi connectivity index (χ2v) is 16.2. The molecule has 0 saturated heterocycles. The number of fused-ring (bicyclic) bond motifs is 7. The molecule has 11 atom stereocenters. The third kappa shape index (κ3) is 3.71. The lowest BCUT2D eigenvalue weighted by Gasteiger charge is -2.71.